The van der Waals surface area contributed by atoms with Gasteiger partial charge < -0.3 is 10.1 Å². The lowest BCUT2D eigenvalue weighted by molar-refractivity contribution is -0.124. The van der Waals surface area contributed by atoms with Crippen LogP contribution in [0.25, 0.3) is 10.9 Å². The SMILES string of the molecule is O=C(COC(=O)c1ccc2ccccc2n1)NCc1ccccc1Cl. The molecule has 1 N–H and O–H groups in total. The number of carbonyl (C=O) groups is 2. The molecule has 0 saturated heterocycles. The van der Waals surface area contributed by atoms with Gasteiger partial charge in [-0.1, -0.05) is 54.1 Å². The van der Waals surface area contributed by atoms with Crippen molar-refractivity contribution in [2.75, 3.05) is 6.61 Å². The van der Waals surface area contributed by atoms with Gasteiger partial charge in [-0.3, -0.25) is 4.79 Å². The summed E-state index contributed by atoms with van der Waals surface area (Å²) < 4.78 is 5.01. The number of carbonyl (C=O) groups excluding carboxylic acids is 2. The number of esters is 1. The summed E-state index contributed by atoms with van der Waals surface area (Å²) in [4.78, 5) is 28.1. The molecule has 0 spiro atoms. The van der Waals surface area contributed by atoms with E-state index in [1.807, 2.05) is 42.5 Å². The van der Waals surface area contributed by atoms with Crippen LogP contribution in [0.1, 0.15) is 16.1 Å². The van der Waals surface area contributed by atoms with Gasteiger partial charge >= 0.3 is 5.97 Å². The molecule has 25 heavy (non-hydrogen) atoms. The van der Waals surface area contributed by atoms with Gasteiger partial charge in [0.25, 0.3) is 5.91 Å². The van der Waals surface area contributed by atoms with Crippen LogP contribution in [0.15, 0.2) is 60.7 Å². The first-order valence-electron chi connectivity index (χ1n) is 7.66. The van der Waals surface area contributed by atoms with Crippen LogP contribution in [0.5, 0.6) is 0 Å². The Morgan fingerprint density at radius 2 is 1.76 bits per heavy atom. The Balaban J connectivity index is 1.54. The predicted molar refractivity (Wildman–Crippen MR) is 95.3 cm³/mol. The van der Waals surface area contributed by atoms with E-state index in [0.29, 0.717) is 10.5 Å². The lowest BCUT2D eigenvalue weighted by Crippen LogP contribution is -2.28. The van der Waals surface area contributed by atoms with Gasteiger partial charge in [0.05, 0.1) is 5.52 Å². The van der Waals surface area contributed by atoms with Gasteiger partial charge in [0.15, 0.2) is 6.61 Å². The highest BCUT2D eigenvalue weighted by molar-refractivity contribution is 6.31. The first-order chi connectivity index (χ1) is 12.1. The van der Waals surface area contributed by atoms with E-state index >= 15 is 0 Å². The first kappa shape index (κ1) is 16.9. The van der Waals surface area contributed by atoms with E-state index in [1.165, 1.54) is 0 Å². The number of nitrogens with zero attached hydrogens (tertiary/aromatic N) is 1. The Bertz CT molecular complexity index is 927. The number of para-hydroxylation sites is 1. The second kappa shape index (κ2) is 7.77. The molecule has 1 heterocycles. The van der Waals surface area contributed by atoms with Crippen LogP contribution in [-0.4, -0.2) is 23.5 Å². The van der Waals surface area contributed by atoms with Crippen LogP contribution in [-0.2, 0) is 16.1 Å². The standard InChI is InChI=1S/C19H15ClN2O3/c20-15-7-3-1-6-14(15)11-21-18(23)12-25-19(24)17-10-9-13-5-2-4-8-16(13)22-17/h1-10H,11-12H2,(H,21,23). The number of hydrogen-bond acceptors (Lipinski definition) is 4. The van der Waals surface area contributed by atoms with Gasteiger partial charge in [-0.15, -0.1) is 0 Å². The van der Waals surface area contributed by atoms with Crippen LogP contribution in [0.2, 0.25) is 5.02 Å². The molecular formula is C19H15ClN2O3. The Hall–Kier alpha value is -2.92. The fourth-order valence-corrected chi connectivity index (χ4v) is 2.47. The van der Waals surface area contributed by atoms with E-state index < -0.39 is 11.9 Å². The molecule has 0 aliphatic rings. The third-order valence-electron chi connectivity index (χ3n) is 3.58. The molecule has 1 aromatic heterocycles. The van der Waals surface area contributed by atoms with Crippen molar-refractivity contribution in [3.05, 3.63) is 76.9 Å². The number of halogens is 1. The van der Waals surface area contributed by atoms with Gasteiger partial charge in [-0.2, -0.15) is 0 Å². The summed E-state index contributed by atoms with van der Waals surface area (Å²) in [5.41, 5.74) is 1.65. The zero-order chi connectivity index (χ0) is 17.6. The topological polar surface area (TPSA) is 68.3 Å². The van der Waals surface area contributed by atoms with E-state index in [9.17, 15) is 9.59 Å². The summed E-state index contributed by atoms with van der Waals surface area (Å²) >= 11 is 6.02. The summed E-state index contributed by atoms with van der Waals surface area (Å²) in [6.45, 7) is -0.109. The number of amides is 1. The van der Waals surface area contributed by atoms with Gasteiger partial charge in [0.1, 0.15) is 5.69 Å². The van der Waals surface area contributed by atoms with E-state index in [-0.39, 0.29) is 18.8 Å². The van der Waals surface area contributed by atoms with E-state index in [2.05, 4.69) is 10.3 Å². The summed E-state index contributed by atoms with van der Waals surface area (Å²) in [5, 5.41) is 4.15. The number of ether oxygens (including phenoxy) is 1. The molecular weight excluding hydrogens is 340 g/mol. The highest BCUT2D eigenvalue weighted by Gasteiger charge is 2.12. The molecule has 2 aromatic carbocycles. The smallest absolute Gasteiger partial charge is 0.357 e. The maximum absolute atomic E-state index is 12.0. The van der Waals surface area contributed by atoms with Crippen molar-refractivity contribution in [1.82, 2.24) is 10.3 Å². The highest BCUT2D eigenvalue weighted by atomic mass is 35.5. The van der Waals surface area contributed by atoms with Crippen LogP contribution in [0.3, 0.4) is 0 Å². The quantitative estimate of drug-likeness (QED) is 0.713. The number of aromatic nitrogens is 1. The van der Waals surface area contributed by atoms with Crippen LogP contribution in [0.4, 0.5) is 0 Å². The largest absolute Gasteiger partial charge is 0.451 e. The minimum atomic E-state index is -0.640. The minimum Gasteiger partial charge on any atom is -0.451 e. The molecule has 0 fully saturated rings. The van der Waals surface area contributed by atoms with Gasteiger partial charge in [0.2, 0.25) is 0 Å². The van der Waals surface area contributed by atoms with Crippen molar-refractivity contribution in [2.24, 2.45) is 0 Å². The van der Waals surface area contributed by atoms with E-state index in [4.69, 9.17) is 16.3 Å². The number of rotatable bonds is 5. The average Bonchev–Trinajstić information content (AvgIpc) is 2.65. The van der Waals surface area contributed by atoms with Crippen molar-refractivity contribution in [1.29, 1.82) is 0 Å². The Labute approximate surface area is 149 Å². The molecule has 126 valence electrons. The van der Waals surface area contributed by atoms with Crippen molar-refractivity contribution in [2.45, 2.75) is 6.54 Å². The maximum atomic E-state index is 12.0. The lowest BCUT2D eigenvalue weighted by Gasteiger charge is -2.08. The number of hydrogen-bond donors (Lipinski definition) is 1. The molecule has 0 radical (unpaired) electrons. The normalized spacial score (nSPS) is 10.4. The van der Waals surface area contributed by atoms with E-state index in [0.717, 1.165) is 10.9 Å². The van der Waals surface area contributed by atoms with Gasteiger partial charge in [-0.25, -0.2) is 9.78 Å². The number of fused-ring (bicyclic) bond motifs is 1. The molecule has 1 amide bonds. The Morgan fingerprint density at radius 3 is 2.60 bits per heavy atom. The zero-order valence-corrected chi connectivity index (χ0v) is 14.0. The number of pyridine rings is 1. The van der Waals surface area contributed by atoms with Crippen molar-refractivity contribution in [3.8, 4) is 0 Å². The van der Waals surface area contributed by atoms with E-state index in [1.54, 1.807) is 18.2 Å². The highest BCUT2D eigenvalue weighted by Crippen LogP contribution is 2.14. The second-order valence-electron chi connectivity index (χ2n) is 5.33. The minimum absolute atomic E-state index is 0.164. The average molecular weight is 355 g/mol. The first-order valence-corrected chi connectivity index (χ1v) is 8.04. The zero-order valence-electron chi connectivity index (χ0n) is 13.2. The molecule has 0 unspecified atom stereocenters. The summed E-state index contributed by atoms with van der Waals surface area (Å²) in [7, 11) is 0. The molecule has 0 bridgehead atoms. The molecule has 3 aromatic rings. The Kier molecular flexibility index (Phi) is 5.26. The number of benzene rings is 2. The molecule has 3 rings (SSSR count). The number of nitrogens with one attached hydrogen (secondary N) is 1. The third-order valence-corrected chi connectivity index (χ3v) is 3.94. The molecule has 0 saturated carbocycles. The molecule has 0 atom stereocenters. The van der Waals surface area contributed by atoms with Gasteiger partial charge in [0, 0.05) is 17.0 Å². The summed E-state index contributed by atoms with van der Waals surface area (Å²) in [6, 6.07) is 18.0. The summed E-state index contributed by atoms with van der Waals surface area (Å²) in [5.74, 6) is -1.05. The fourth-order valence-electron chi connectivity index (χ4n) is 2.27. The molecule has 6 heteroatoms. The van der Waals surface area contributed by atoms with Gasteiger partial charge in [-0.05, 0) is 23.8 Å². The maximum Gasteiger partial charge on any atom is 0.357 e. The van der Waals surface area contributed by atoms with Crippen molar-refractivity contribution < 1.29 is 14.3 Å². The summed E-state index contributed by atoms with van der Waals surface area (Å²) in [6.07, 6.45) is 0. The monoisotopic (exact) mass is 354 g/mol. The lowest BCUT2D eigenvalue weighted by atomic mass is 10.2. The second-order valence-corrected chi connectivity index (χ2v) is 5.74. The van der Waals surface area contributed by atoms with Crippen molar-refractivity contribution >= 4 is 34.4 Å². The molecule has 0 aliphatic carbocycles. The Morgan fingerprint density at radius 1 is 1.00 bits per heavy atom. The third kappa shape index (κ3) is 4.33. The van der Waals surface area contributed by atoms with Crippen LogP contribution in [0, 0.1) is 0 Å². The van der Waals surface area contributed by atoms with Crippen LogP contribution < -0.4 is 5.32 Å². The van der Waals surface area contributed by atoms with Crippen molar-refractivity contribution in [3.63, 3.8) is 0 Å². The molecule has 0 aliphatic heterocycles. The molecule has 5 nitrogen and oxygen atoms in total. The fraction of sp³-hybridized carbons (Fsp3) is 0.105. The predicted octanol–water partition coefficient (Wildman–Crippen LogP) is 3.36. The van der Waals surface area contributed by atoms with Crippen LogP contribution >= 0.6 is 11.6 Å².